The van der Waals surface area contributed by atoms with Crippen molar-refractivity contribution in [1.29, 1.82) is 0 Å². The number of hydrogen-bond donors (Lipinski definition) is 5. The predicted octanol–water partition coefficient (Wildman–Crippen LogP) is 6.63. The van der Waals surface area contributed by atoms with Gasteiger partial charge in [-0.1, -0.05) is 50.2 Å². The summed E-state index contributed by atoms with van der Waals surface area (Å²) < 4.78 is 0. The van der Waals surface area contributed by atoms with Gasteiger partial charge in [0.1, 0.15) is 5.82 Å². The number of pyridine rings is 1. The summed E-state index contributed by atoms with van der Waals surface area (Å²) in [4.78, 5) is 58.8. The third-order valence-corrected chi connectivity index (χ3v) is 9.77. The molecule has 3 heterocycles. The van der Waals surface area contributed by atoms with Crippen molar-refractivity contribution in [2.75, 3.05) is 44.2 Å². The summed E-state index contributed by atoms with van der Waals surface area (Å²) in [6, 6.07) is 27.2. The highest BCUT2D eigenvalue weighted by atomic mass is 16.2. The predicted molar refractivity (Wildman–Crippen MR) is 210 cm³/mol. The maximum atomic E-state index is 12.7. The van der Waals surface area contributed by atoms with Crippen LogP contribution < -0.4 is 36.4 Å². The van der Waals surface area contributed by atoms with Gasteiger partial charge < -0.3 is 31.1 Å². The van der Waals surface area contributed by atoms with E-state index in [0.29, 0.717) is 30.0 Å². The zero-order chi connectivity index (χ0) is 37.5. The maximum absolute atomic E-state index is 12.7. The van der Waals surface area contributed by atoms with Crippen molar-refractivity contribution in [3.05, 3.63) is 102 Å². The molecule has 0 bridgehead atoms. The highest BCUT2D eigenvalue weighted by molar-refractivity contribution is 5.97. The first-order valence-electron chi connectivity index (χ1n) is 18.4. The molecule has 0 fully saturated rings. The van der Waals surface area contributed by atoms with Gasteiger partial charge in [-0.25, -0.2) is 4.98 Å². The lowest BCUT2D eigenvalue weighted by atomic mass is 9.91. The van der Waals surface area contributed by atoms with Crippen LogP contribution in [0.2, 0.25) is 0 Å². The summed E-state index contributed by atoms with van der Waals surface area (Å²) in [5.41, 5.74) is 6.08. The van der Waals surface area contributed by atoms with E-state index in [1.807, 2.05) is 96.4 Å². The first-order chi connectivity index (χ1) is 25.6. The molecular formula is C41H48N8O4. The number of benzene rings is 3. The summed E-state index contributed by atoms with van der Waals surface area (Å²) in [6.45, 7) is 7.81. The molecule has 4 aromatic rings. The lowest BCUT2D eigenvalue weighted by molar-refractivity contribution is -0.119. The summed E-state index contributed by atoms with van der Waals surface area (Å²) in [6.07, 6.45) is 4.01. The zero-order valence-electron chi connectivity index (χ0n) is 30.7. The second-order valence-electron chi connectivity index (χ2n) is 13.6. The number of carbonyl (C=O) groups is 4. The number of nitrogens with zero attached hydrogens (tertiary/aromatic N) is 3. The Hall–Kier alpha value is -5.75. The zero-order valence-corrected chi connectivity index (χ0v) is 30.7. The highest BCUT2D eigenvalue weighted by Crippen LogP contribution is 2.40. The molecule has 2 aliphatic heterocycles. The van der Waals surface area contributed by atoms with Crippen molar-refractivity contribution in [3.8, 4) is 0 Å². The molecule has 4 amide bonds. The van der Waals surface area contributed by atoms with Crippen LogP contribution in [0.5, 0.6) is 0 Å². The van der Waals surface area contributed by atoms with Crippen LogP contribution >= 0.6 is 0 Å². The van der Waals surface area contributed by atoms with Gasteiger partial charge in [-0.2, -0.15) is 0 Å². The van der Waals surface area contributed by atoms with Crippen LogP contribution in [-0.2, 0) is 19.2 Å². The Morgan fingerprint density at radius 3 is 1.60 bits per heavy atom. The normalized spacial score (nSPS) is 19.0. The van der Waals surface area contributed by atoms with Crippen LogP contribution in [0.3, 0.4) is 0 Å². The van der Waals surface area contributed by atoms with Crippen molar-refractivity contribution < 1.29 is 19.2 Å². The highest BCUT2D eigenvalue weighted by Gasteiger charge is 2.34. The first-order valence-corrected chi connectivity index (χ1v) is 18.4. The quantitative estimate of drug-likeness (QED) is 0.110. The summed E-state index contributed by atoms with van der Waals surface area (Å²) >= 11 is 0. The van der Waals surface area contributed by atoms with Crippen LogP contribution in [0.15, 0.2) is 91.1 Å². The fourth-order valence-corrected chi connectivity index (χ4v) is 7.28. The average molecular weight is 717 g/mol. The number of amides is 4. The van der Waals surface area contributed by atoms with Gasteiger partial charge in [0.05, 0.1) is 37.1 Å². The van der Waals surface area contributed by atoms with Crippen LogP contribution in [-0.4, -0.2) is 53.8 Å². The van der Waals surface area contributed by atoms with Crippen LogP contribution in [0.4, 0.5) is 34.3 Å². The molecule has 1 aromatic heterocycles. The van der Waals surface area contributed by atoms with Gasteiger partial charge in [0, 0.05) is 47.7 Å². The molecule has 6 rings (SSSR count). The van der Waals surface area contributed by atoms with Gasteiger partial charge in [0.25, 0.3) is 0 Å². The second-order valence-corrected chi connectivity index (χ2v) is 13.6. The number of fused-ring (bicyclic) bond motifs is 2. The molecule has 0 unspecified atom stereocenters. The Labute approximate surface area is 310 Å². The van der Waals surface area contributed by atoms with E-state index in [4.69, 9.17) is 0 Å². The van der Waals surface area contributed by atoms with Crippen molar-refractivity contribution in [3.63, 3.8) is 0 Å². The third-order valence-electron chi connectivity index (χ3n) is 9.77. The van der Waals surface area contributed by atoms with Crippen molar-refractivity contribution in [2.45, 2.75) is 77.5 Å². The molecule has 5 N–H and O–H groups in total. The molecule has 4 atom stereocenters. The van der Waals surface area contributed by atoms with E-state index in [9.17, 15) is 19.2 Å². The van der Waals surface area contributed by atoms with E-state index in [1.165, 1.54) is 0 Å². The molecule has 3 aromatic carbocycles. The van der Waals surface area contributed by atoms with Crippen molar-refractivity contribution in [1.82, 2.24) is 10.3 Å². The lowest BCUT2D eigenvalue weighted by Crippen LogP contribution is -2.44. The number of anilines is 6. The molecule has 276 valence electrons. The Morgan fingerprint density at radius 2 is 1.09 bits per heavy atom. The smallest absolute Gasteiger partial charge is 0.238 e. The lowest BCUT2D eigenvalue weighted by Gasteiger charge is -2.40. The molecule has 0 aliphatic carbocycles. The minimum Gasteiger partial charge on any atom is -0.378 e. The molecule has 2 aliphatic rings. The van der Waals surface area contributed by atoms with E-state index >= 15 is 0 Å². The van der Waals surface area contributed by atoms with E-state index in [-0.39, 0.29) is 60.9 Å². The molecule has 12 nitrogen and oxygen atoms in total. The molecule has 0 spiro atoms. The molecule has 0 saturated heterocycles. The first kappa shape index (κ1) is 37.0. The number of aromatic nitrogens is 1. The van der Waals surface area contributed by atoms with Crippen LogP contribution in [0.25, 0.3) is 0 Å². The van der Waals surface area contributed by atoms with Gasteiger partial charge in [0.15, 0.2) is 0 Å². The van der Waals surface area contributed by atoms with Crippen LogP contribution in [0.1, 0.15) is 76.6 Å². The van der Waals surface area contributed by atoms with Gasteiger partial charge in [-0.3, -0.25) is 24.5 Å². The molecule has 53 heavy (non-hydrogen) atoms. The number of carbonyl (C=O) groups excluding carboxylic acids is 4. The van der Waals surface area contributed by atoms with Crippen molar-refractivity contribution >= 4 is 57.9 Å². The number of para-hydroxylation sites is 2. The summed E-state index contributed by atoms with van der Waals surface area (Å²) in [7, 11) is 0. The van der Waals surface area contributed by atoms with Gasteiger partial charge >= 0.3 is 0 Å². The SMILES string of the molecule is CCC(=O)N1c2ccccc2[C@H](Nc2ccc(NC(=O)CNCC(=O)Nc3ccc(N[C@@H]4C[C@H](C)N(C(=O)CC)c5ccccc54)nc3)cc2)C[C@@H]1C. The minimum atomic E-state index is -0.299. The fourth-order valence-electron chi connectivity index (χ4n) is 7.28. The van der Waals surface area contributed by atoms with Gasteiger partial charge in [-0.15, -0.1) is 0 Å². The Bertz CT molecular complexity index is 1790. The number of hydrogen-bond acceptors (Lipinski definition) is 8. The number of nitrogens with one attached hydrogen (secondary N) is 5. The fraction of sp³-hybridized carbons (Fsp3) is 0.341. The van der Waals surface area contributed by atoms with Gasteiger partial charge in [0.2, 0.25) is 23.6 Å². The Balaban J connectivity index is 0.944. The number of rotatable bonds is 12. The topological polar surface area (TPSA) is 148 Å². The summed E-state index contributed by atoms with van der Waals surface area (Å²) in [5, 5.41) is 15.6. The maximum Gasteiger partial charge on any atom is 0.238 e. The summed E-state index contributed by atoms with van der Waals surface area (Å²) in [5.74, 6) is 0.313. The van der Waals surface area contributed by atoms with E-state index in [2.05, 4.69) is 51.5 Å². The van der Waals surface area contributed by atoms with E-state index < -0.39 is 0 Å². The monoisotopic (exact) mass is 716 g/mol. The van der Waals surface area contributed by atoms with E-state index in [0.717, 1.165) is 41.0 Å². The average Bonchev–Trinajstić information content (AvgIpc) is 3.16. The Morgan fingerprint density at radius 1 is 0.623 bits per heavy atom. The minimum absolute atomic E-state index is 0.0187. The van der Waals surface area contributed by atoms with Gasteiger partial charge in [-0.05, 0) is 86.3 Å². The Kier molecular flexibility index (Phi) is 11.7. The standard InChI is InChI=1S/C41H48N8O4/c1-5-40(52)48-26(3)21-33(31-11-7-9-13-35(31)48)44-28-15-17-29(18-16-28)45-38(50)24-42-25-39(51)46-30-19-20-37(43-23-30)47-34-22-27(4)49(41(53)6-2)36-14-10-8-12-32(34)36/h7-20,23,26-27,33-34,42,44H,5-6,21-22,24-25H2,1-4H3,(H,43,47)(H,45,50)(H,46,51)/t26-,27-,33+,34+/m0/s1. The largest absolute Gasteiger partial charge is 0.378 e. The molecule has 0 radical (unpaired) electrons. The molecule has 0 saturated carbocycles. The third kappa shape index (κ3) is 8.66. The molecule has 12 heteroatoms. The van der Waals surface area contributed by atoms with Crippen LogP contribution in [0, 0.1) is 0 Å². The molecular weight excluding hydrogens is 669 g/mol. The van der Waals surface area contributed by atoms with E-state index in [1.54, 1.807) is 12.3 Å². The second kappa shape index (κ2) is 16.7. The van der Waals surface area contributed by atoms with Crippen molar-refractivity contribution in [2.24, 2.45) is 0 Å².